The summed E-state index contributed by atoms with van der Waals surface area (Å²) in [5.74, 6) is -4.26. The number of hydrogen-bond donors (Lipinski definition) is 8. The predicted molar refractivity (Wildman–Crippen MR) is 155 cm³/mol. The van der Waals surface area contributed by atoms with E-state index in [1.54, 1.807) is 0 Å². The van der Waals surface area contributed by atoms with E-state index in [1.165, 1.54) is 11.0 Å². The summed E-state index contributed by atoms with van der Waals surface area (Å²) < 4.78 is 0. The highest BCUT2D eigenvalue weighted by Gasteiger charge is 2.38. The summed E-state index contributed by atoms with van der Waals surface area (Å²) in [4.78, 5) is 53.5. The Morgan fingerprint density at radius 2 is 1.78 bits per heavy atom. The van der Waals surface area contributed by atoms with Gasteiger partial charge >= 0.3 is 5.97 Å². The number of nitrogens with one attached hydrogen (secondary N) is 3. The molecule has 11 N–H and O–H groups in total. The van der Waals surface area contributed by atoms with Crippen LogP contribution in [0.5, 0.6) is 5.75 Å². The van der Waals surface area contributed by atoms with Crippen molar-refractivity contribution in [3.63, 3.8) is 0 Å². The molecule has 41 heavy (non-hydrogen) atoms. The number of nitrogens with zero attached hydrogens (tertiary/aromatic N) is 1. The molecule has 0 bridgehead atoms. The first-order valence-electron chi connectivity index (χ1n) is 12.9. The number of benzene rings is 2. The number of Topliss-reactive ketones (excluding diaryl/α,β-unsaturated/α-hetero) is 1. The lowest BCUT2D eigenvalue weighted by Crippen LogP contribution is -2.54. The highest BCUT2D eigenvalue weighted by atomic mass is 35.5. The van der Waals surface area contributed by atoms with Crippen molar-refractivity contribution in [1.82, 2.24) is 15.5 Å². The van der Waals surface area contributed by atoms with E-state index >= 15 is 0 Å². The first-order chi connectivity index (χ1) is 19.0. The number of carboxylic acids is 1. The number of amides is 2. The number of rotatable bonds is 12. The number of aromatic hydroxyl groups is 1. The summed E-state index contributed by atoms with van der Waals surface area (Å²) in [5, 5.41) is 32.3. The topological polar surface area (TPSA) is 238 Å². The first kappa shape index (κ1) is 32.8. The SMILES string of the molecule is Cl.N=C(N)NCCCC(NC(=O)C1CCCN1C(=O)[C@H](N)Cc1ccccc1)C(=O)c1c(N)ccc(O)c1C(=O)O. The number of carbonyl (C=O) groups excluding carboxylic acids is 3. The van der Waals surface area contributed by atoms with Crippen molar-refractivity contribution in [2.45, 2.75) is 50.2 Å². The second-order valence-corrected chi connectivity index (χ2v) is 9.62. The van der Waals surface area contributed by atoms with Crippen molar-refractivity contribution in [3.8, 4) is 5.75 Å². The third-order valence-corrected chi connectivity index (χ3v) is 6.75. The molecule has 1 aliphatic rings. The maximum Gasteiger partial charge on any atom is 0.340 e. The van der Waals surface area contributed by atoms with Crippen LogP contribution in [-0.2, 0) is 16.0 Å². The van der Waals surface area contributed by atoms with E-state index in [0.717, 1.165) is 11.6 Å². The summed E-state index contributed by atoms with van der Waals surface area (Å²) in [5.41, 5.74) is 17.0. The molecule has 1 saturated heterocycles. The van der Waals surface area contributed by atoms with Crippen molar-refractivity contribution >= 4 is 47.6 Å². The molecule has 1 fully saturated rings. The van der Waals surface area contributed by atoms with E-state index in [1.807, 2.05) is 30.3 Å². The van der Waals surface area contributed by atoms with Crippen LogP contribution in [0.25, 0.3) is 0 Å². The zero-order valence-electron chi connectivity index (χ0n) is 22.3. The number of nitrogen functional groups attached to an aromatic ring is 1. The third kappa shape index (κ3) is 8.32. The van der Waals surface area contributed by atoms with Crippen LogP contribution in [0.4, 0.5) is 5.69 Å². The minimum Gasteiger partial charge on any atom is -0.507 e. The molecule has 3 rings (SSSR count). The molecule has 13 nitrogen and oxygen atoms in total. The normalized spacial score (nSPS) is 15.7. The molecule has 0 radical (unpaired) electrons. The lowest BCUT2D eigenvalue weighted by molar-refractivity contribution is -0.139. The Labute approximate surface area is 243 Å². The maximum atomic E-state index is 13.6. The van der Waals surface area contributed by atoms with Crippen molar-refractivity contribution in [2.24, 2.45) is 11.5 Å². The number of phenols is 1. The average Bonchev–Trinajstić information content (AvgIpc) is 3.41. The van der Waals surface area contributed by atoms with E-state index in [-0.39, 0.29) is 49.3 Å². The molecular weight excluding hydrogens is 554 g/mol. The van der Waals surface area contributed by atoms with Crippen molar-refractivity contribution in [1.29, 1.82) is 5.41 Å². The fourth-order valence-corrected chi connectivity index (χ4v) is 4.80. The molecule has 0 saturated carbocycles. The van der Waals surface area contributed by atoms with Crippen molar-refractivity contribution in [2.75, 3.05) is 18.8 Å². The Kier molecular flexibility index (Phi) is 11.9. The summed E-state index contributed by atoms with van der Waals surface area (Å²) >= 11 is 0. The van der Waals surface area contributed by atoms with Gasteiger partial charge in [0, 0.05) is 18.8 Å². The predicted octanol–water partition coefficient (Wildman–Crippen LogP) is 0.586. The molecule has 2 aromatic carbocycles. The van der Waals surface area contributed by atoms with Gasteiger partial charge in [0.25, 0.3) is 0 Å². The number of carboxylic acid groups (broad SMARTS) is 1. The molecule has 2 unspecified atom stereocenters. The molecule has 2 amide bonds. The quantitative estimate of drug-likeness (QED) is 0.0428. The highest BCUT2D eigenvalue weighted by Crippen LogP contribution is 2.29. The van der Waals surface area contributed by atoms with Gasteiger partial charge in [0.05, 0.1) is 17.6 Å². The number of carbonyl (C=O) groups is 4. The average molecular weight is 590 g/mol. The van der Waals surface area contributed by atoms with Gasteiger partial charge in [-0.25, -0.2) is 4.79 Å². The Morgan fingerprint density at radius 3 is 2.41 bits per heavy atom. The number of anilines is 1. The molecule has 1 heterocycles. The summed E-state index contributed by atoms with van der Waals surface area (Å²) in [7, 11) is 0. The zero-order valence-corrected chi connectivity index (χ0v) is 23.2. The minimum atomic E-state index is -1.56. The Hall–Kier alpha value is -4.36. The minimum absolute atomic E-state index is 0. The Bertz CT molecular complexity index is 1280. The Balaban J connectivity index is 0.00000588. The number of hydrogen-bond acceptors (Lipinski definition) is 8. The molecular formula is C27H36ClN7O6. The fraction of sp³-hybridized carbons (Fsp3) is 0.370. The number of guanidine groups is 1. The number of aromatic carboxylic acids is 1. The van der Waals surface area contributed by atoms with Crippen LogP contribution in [0.2, 0.25) is 0 Å². The van der Waals surface area contributed by atoms with E-state index in [2.05, 4.69) is 10.6 Å². The largest absolute Gasteiger partial charge is 0.507 e. The van der Waals surface area contributed by atoms with Gasteiger partial charge < -0.3 is 42.9 Å². The molecule has 2 aromatic rings. The van der Waals surface area contributed by atoms with E-state index in [9.17, 15) is 29.4 Å². The van der Waals surface area contributed by atoms with Crippen LogP contribution in [0.1, 0.15) is 52.0 Å². The van der Waals surface area contributed by atoms with Crippen LogP contribution in [-0.4, -0.2) is 75.9 Å². The van der Waals surface area contributed by atoms with Gasteiger partial charge in [-0.2, -0.15) is 0 Å². The van der Waals surface area contributed by atoms with Gasteiger partial charge in [-0.05, 0) is 49.8 Å². The van der Waals surface area contributed by atoms with E-state index < -0.39 is 52.7 Å². The third-order valence-electron chi connectivity index (χ3n) is 6.75. The van der Waals surface area contributed by atoms with Gasteiger partial charge in [0.2, 0.25) is 11.8 Å². The van der Waals surface area contributed by atoms with E-state index in [0.29, 0.717) is 25.8 Å². The summed E-state index contributed by atoms with van der Waals surface area (Å²) in [6.07, 6.45) is 1.52. The van der Waals surface area contributed by atoms with Gasteiger partial charge in [0.15, 0.2) is 11.7 Å². The lowest BCUT2D eigenvalue weighted by Gasteiger charge is -2.28. The monoisotopic (exact) mass is 589 g/mol. The van der Waals surface area contributed by atoms with Crippen LogP contribution < -0.4 is 27.8 Å². The van der Waals surface area contributed by atoms with Gasteiger partial charge in [-0.1, -0.05) is 30.3 Å². The van der Waals surface area contributed by atoms with Crippen LogP contribution >= 0.6 is 12.4 Å². The second-order valence-electron chi connectivity index (χ2n) is 9.62. The van der Waals surface area contributed by atoms with E-state index in [4.69, 9.17) is 22.6 Å². The zero-order chi connectivity index (χ0) is 29.4. The van der Waals surface area contributed by atoms with Gasteiger partial charge in [0.1, 0.15) is 17.4 Å². The molecule has 0 spiro atoms. The van der Waals surface area contributed by atoms with Crippen LogP contribution in [0, 0.1) is 5.41 Å². The smallest absolute Gasteiger partial charge is 0.340 e. The molecule has 0 aliphatic carbocycles. The summed E-state index contributed by atoms with van der Waals surface area (Å²) in [6.45, 7) is 0.530. The number of ketones is 1. The lowest BCUT2D eigenvalue weighted by atomic mass is 9.93. The fourth-order valence-electron chi connectivity index (χ4n) is 4.80. The molecule has 222 valence electrons. The standard InChI is InChI=1S/C27H35N7O6.ClH/c28-16-10-11-20(35)22(26(39)40)21(16)23(36)18(8-4-12-32-27(30)31)33-24(37)19-9-5-13-34(19)25(38)17(29)14-15-6-2-1-3-7-15;/h1-3,6-7,10-11,17-19,35H,4-5,8-9,12-14,28-29H2,(H,33,37)(H,39,40)(H4,30,31,32);1H/t17-,18?,19?;/m1./s1. The number of halogens is 1. The van der Waals surface area contributed by atoms with Gasteiger partial charge in [-0.15, -0.1) is 12.4 Å². The van der Waals surface area contributed by atoms with Crippen LogP contribution in [0.15, 0.2) is 42.5 Å². The molecule has 3 atom stereocenters. The summed E-state index contributed by atoms with van der Waals surface area (Å²) in [6, 6.07) is 8.56. The molecule has 14 heteroatoms. The molecule has 0 aromatic heterocycles. The Morgan fingerprint density at radius 1 is 1.10 bits per heavy atom. The van der Waals surface area contributed by atoms with Crippen LogP contribution in [0.3, 0.4) is 0 Å². The van der Waals surface area contributed by atoms with Crippen molar-refractivity contribution < 1.29 is 29.4 Å². The number of likely N-dealkylation sites (tertiary alicyclic amines) is 1. The van der Waals surface area contributed by atoms with Gasteiger partial charge in [-0.3, -0.25) is 19.8 Å². The first-order valence-corrected chi connectivity index (χ1v) is 12.9. The highest BCUT2D eigenvalue weighted by molar-refractivity contribution is 6.13. The number of nitrogens with two attached hydrogens (primary N) is 3. The molecule has 1 aliphatic heterocycles. The maximum absolute atomic E-state index is 13.6. The van der Waals surface area contributed by atoms with Crippen molar-refractivity contribution in [3.05, 3.63) is 59.2 Å². The second kappa shape index (κ2) is 14.9.